The Balaban J connectivity index is 1.86. The molecule has 122 valence electrons. The van der Waals surface area contributed by atoms with Crippen molar-refractivity contribution in [3.8, 4) is 0 Å². The van der Waals surface area contributed by atoms with Crippen LogP contribution >= 0.6 is 15.9 Å². The van der Waals surface area contributed by atoms with Crippen molar-refractivity contribution < 1.29 is 14.7 Å². The number of rotatable bonds is 4. The zero-order valence-corrected chi connectivity index (χ0v) is 14.7. The van der Waals surface area contributed by atoms with Crippen LogP contribution in [-0.4, -0.2) is 23.8 Å². The summed E-state index contributed by atoms with van der Waals surface area (Å²) in [6.45, 7) is 0. The molecular formula is C19H16BrNO3. The molecule has 0 spiro atoms. The summed E-state index contributed by atoms with van der Waals surface area (Å²) >= 11 is 3.34. The number of fused-ring (bicyclic) bond motifs is 1. The second-order valence-corrected chi connectivity index (χ2v) is 6.69. The first-order valence-corrected chi connectivity index (χ1v) is 8.27. The topological polar surface area (TPSA) is 57.6 Å². The van der Waals surface area contributed by atoms with E-state index in [1.807, 2.05) is 30.3 Å². The fourth-order valence-electron chi connectivity index (χ4n) is 2.87. The average molecular weight is 386 g/mol. The first-order valence-electron chi connectivity index (χ1n) is 7.48. The Morgan fingerprint density at radius 3 is 2.67 bits per heavy atom. The summed E-state index contributed by atoms with van der Waals surface area (Å²) in [4.78, 5) is 26.2. The van der Waals surface area contributed by atoms with Crippen LogP contribution in [0.1, 0.15) is 17.5 Å². The second-order valence-electron chi connectivity index (χ2n) is 5.77. The van der Waals surface area contributed by atoms with E-state index in [9.17, 15) is 14.7 Å². The number of carbonyl (C=O) groups is 2. The van der Waals surface area contributed by atoms with Crippen LogP contribution in [0.2, 0.25) is 0 Å². The van der Waals surface area contributed by atoms with Gasteiger partial charge in [0.15, 0.2) is 11.4 Å². The van der Waals surface area contributed by atoms with E-state index in [1.54, 1.807) is 31.3 Å². The lowest BCUT2D eigenvalue weighted by Crippen LogP contribution is -2.40. The van der Waals surface area contributed by atoms with E-state index in [2.05, 4.69) is 15.9 Å². The highest BCUT2D eigenvalue weighted by atomic mass is 79.9. The predicted octanol–water partition coefficient (Wildman–Crippen LogP) is 3.29. The summed E-state index contributed by atoms with van der Waals surface area (Å²) < 4.78 is 0.745. The summed E-state index contributed by atoms with van der Waals surface area (Å²) in [5.74, 6) is -0.798. The van der Waals surface area contributed by atoms with Crippen LogP contribution in [0.4, 0.5) is 5.69 Å². The highest BCUT2D eigenvalue weighted by molar-refractivity contribution is 9.10. The van der Waals surface area contributed by atoms with Crippen molar-refractivity contribution in [1.82, 2.24) is 0 Å². The summed E-state index contributed by atoms with van der Waals surface area (Å²) in [6, 6.07) is 14.6. The van der Waals surface area contributed by atoms with Crippen molar-refractivity contribution >= 4 is 39.4 Å². The average Bonchev–Trinajstić information content (AvgIpc) is 2.75. The normalized spacial score (nSPS) is 19.8. The molecule has 1 aliphatic rings. The molecule has 1 amide bonds. The van der Waals surface area contributed by atoms with Gasteiger partial charge in [-0.1, -0.05) is 52.3 Å². The minimum atomic E-state index is -1.83. The van der Waals surface area contributed by atoms with Gasteiger partial charge in [-0.2, -0.15) is 0 Å². The van der Waals surface area contributed by atoms with Gasteiger partial charge < -0.3 is 10.0 Å². The molecule has 0 aromatic heterocycles. The van der Waals surface area contributed by atoms with E-state index in [-0.39, 0.29) is 12.2 Å². The Morgan fingerprint density at radius 2 is 1.96 bits per heavy atom. The van der Waals surface area contributed by atoms with Gasteiger partial charge in [0.05, 0.1) is 12.1 Å². The maximum absolute atomic E-state index is 12.5. The van der Waals surface area contributed by atoms with Crippen molar-refractivity contribution in [1.29, 1.82) is 0 Å². The maximum atomic E-state index is 12.5. The lowest BCUT2D eigenvalue weighted by atomic mass is 9.89. The lowest BCUT2D eigenvalue weighted by Gasteiger charge is -2.20. The molecule has 0 saturated heterocycles. The van der Waals surface area contributed by atoms with Gasteiger partial charge in [-0.25, -0.2) is 0 Å². The van der Waals surface area contributed by atoms with Crippen LogP contribution in [0.25, 0.3) is 6.08 Å². The molecule has 3 rings (SSSR count). The summed E-state index contributed by atoms with van der Waals surface area (Å²) in [7, 11) is 1.59. The zero-order valence-electron chi connectivity index (χ0n) is 13.1. The first-order chi connectivity index (χ1) is 11.4. The monoisotopic (exact) mass is 385 g/mol. The van der Waals surface area contributed by atoms with Crippen LogP contribution in [-0.2, 0) is 15.2 Å². The third-order valence-corrected chi connectivity index (χ3v) is 4.61. The number of halogens is 1. The molecule has 2 aromatic rings. The summed E-state index contributed by atoms with van der Waals surface area (Å²) in [6.07, 6.45) is 2.79. The number of anilines is 1. The molecule has 1 heterocycles. The van der Waals surface area contributed by atoms with Crippen LogP contribution in [0.15, 0.2) is 59.1 Å². The fourth-order valence-corrected chi connectivity index (χ4v) is 3.23. The number of allylic oxidation sites excluding steroid dienone is 1. The third-order valence-electron chi connectivity index (χ3n) is 4.12. The number of benzene rings is 2. The molecule has 0 bridgehead atoms. The maximum Gasteiger partial charge on any atom is 0.263 e. The summed E-state index contributed by atoms with van der Waals surface area (Å²) in [5.41, 5.74) is 0.124. The molecule has 24 heavy (non-hydrogen) atoms. The van der Waals surface area contributed by atoms with Crippen molar-refractivity contribution in [3.63, 3.8) is 0 Å². The molecule has 1 N–H and O–H groups in total. The van der Waals surface area contributed by atoms with E-state index in [1.165, 1.54) is 11.0 Å². The van der Waals surface area contributed by atoms with E-state index < -0.39 is 11.5 Å². The van der Waals surface area contributed by atoms with Crippen LogP contribution in [0, 0.1) is 0 Å². The van der Waals surface area contributed by atoms with Crippen molar-refractivity contribution in [3.05, 3.63) is 70.2 Å². The smallest absolute Gasteiger partial charge is 0.263 e. The molecule has 1 aliphatic heterocycles. The molecule has 0 fully saturated rings. The molecule has 0 unspecified atom stereocenters. The Morgan fingerprint density at radius 1 is 1.25 bits per heavy atom. The number of ketones is 1. The molecule has 5 heteroatoms. The van der Waals surface area contributed by atoms with Crippen LogP contribution < -0.4 is 4.90 Å². The number of likely N-dealkylation sites (N-methyl/N-ethyl adjacent to an activating group) is 1. The van der Waals surface area contributed by atoms with Gasteiger partial charge in [-0.05, 0) is 29.8 Å². The van der Waals surface area contributed by atoms with E-state index >= 15 is 0 Å². The number of nitrogens with zero attached hydrogens (tertiary/aromatic N) is 1. The second kappa shape index (κ2) is 6.34. The van der Waals surface area contributed by atoms with Gasteiger partial charge in [0.1, 0.15) is 0 Å². The molecule has 0 aliphatic carbocycles. The number of amides is 1. The molecule has 0 radical (unpaired) electrons. The fraction of sp³-hybridized carbons (Fsp3) is 0.158. The number of carbonyl (C=O) groups excluding carboxylic acids is 2. The lowest BCUT2D eigenvalue weighted by molar-refractivity contribution is -0.140. The van der Waals surface area contributed by atoms with Gasteiger partial charge >= 0.3 is 0 Å². The molecule has 0 saturated carbocycles. The Bertz CT molecular complexity index is 832. The number of hydrogen-bond donors (Lipinski definition) is 1. The van der Waals surface area contributed by atoms with Gasteiger partial charge in [-0.15, -0.1) is 0 Å². The summed E-state index contributed by atoms with van der Waals surface area (Å²) in [5, 5.41) is 10.9. The molecular weight excluding hydrogens is 370 g/mol. The largest absolute Gasteiger partial charge is 0.375 e. The Labute approximate surface area is 148 Å². The number of hydrogen-bond acceptors (Lipinski definition) is 3. The van der Waals surface area contributed by atoms with Crippen LogP contribution in [0.3, 0.4) is 0 Å². The Kier molecular flexibility index (Phi) is 4.39. The quantitative estimate of drug-likeness (QED) is 0.821. The highest BCUT2D eigenvalue weighted by Gasteiger charge is 2.49. The number of aliphatic hydroxyl groups is 1. The van der Waals surface area contributed by atoms with Gasteiger partial charge in [0, 0.05) is 17.1 Å². The van der Waals surface area contributed by atoms with Crippen LogP contribution in [0.5, 0.6) is 0 Å². The highest BCUT2D eigenvalue weighted by Crippen LogP contribution is 2.42. The molecule has 4 nitrogen and oxygen atoms in total. The van der Waals surface area contributed by atoms with E-state index in [0.29, 0.717) is 11.3 Å². The van der Waals surface area contributed by atoms with Gasteiger partial charge in [-0.3, -0.25) is 9.59 Å². The zero-order chi connectivity index (χ0) is 17.3. The van der Waals surface area contributed by atoms with Crippen molar-refractivity contribution in [2.24, 2.45) is 0 Å². The predicted molar refractivity (Wildman–Crippen MR) is 96.5 cm³/mol. The SMILES string of the molecule is CN1C(=O)[C@](O)(CC(=O)/C=C\c2ccccc2)c2cc(Br)ccc21. The Hall–Kier alpha value is -2.24. The van der Waals surface area contributed by atoms with Gasteiger partial charge in [0.2, 0.25) is 0 Å². The molecule has 1 atom stereocenters. The molecule has 2 aromatic carbocycles. The third kappa shape index (κ3) is 2.92. The van der Waals surface area contributed by atoms with Crippen molar-refractivity contribution in [2.75, 3.05) is 11.9 Å². The van der Waals surface area contributed by atoms with Gasteiger partial charge in [0.25, 0.3) is 5.91 Å². The standard InChI is InChI=1S/C19H16BrNO3/c1-21-17-10-8-14(20)11-16(17)19(24,18(21)23)12-15(22)9-7-13-5-3-2-4-6-13/h2-11,24H,12H2,1H3/b9-7-/t19-/m0/s1. The van der Waals surface area contributed by atoms with E-state index in [4.69, 9.17) is 0 Å². The minimum absolute atomic E-state index is 0.289. The van der Waals surface area contributed by atoms with Crippen molar-refractivity contribution in [2.45, 2.75) is 12.0 Å². The van der Waals surface area contributed by atoms with E-state index in [0.717, 1.165) is 10.0 Å². The minimum Gasteiger partial charge on any atom is -0.375 e. The first kappa shape index (κ1) is 16.6.